The van der Waals surface area contributed by atoms with Gasteiger partial charge >= 0.3 is 0 Å². The standard InChI is InChI=1S/C17H23BrN8O/c18-12-8-15(21-9-12)16(27)20-6-7-26-11-14(24-25-26)5-3-1-2-4-13-10-22-17(19)23-13/h8-11,13,21H,1-7H2,(H2,19,23)(H,20,27). The van der Waals surface area contributed by atoms with Gasteiger partial charge in [0.05, 0.1) is 18.3 Å². The third-order valence-corrected chi connectivity index (χ3v) is 4.67. The molecule has 1 aliphatic heterocycles. The van der Waals surface area contributed by atoms with Crippen LogP contribution in [0, 0.1) is 0 Å². The molecule has 0 radical (unpaired) electrons. The minimum absolute atomic E-state index is 0.139. The van der Waals surface area contributed by atoms with Crippen molar-refractivity contribution in [3.05, 3.63) is 34.3 Å². The predicted octanol–water partition coefficient (Wildman–Crippen LogP) is 1.67. The number of aromatic nitrogens is 4. The van der Waals surface area contributed by atoms with Crippen molar-refractivity contribution in [1.29, 1.82) is 0 Å². The number of nitrogens with one attached hydrogen (secondary N) is 2. The van der Waals surface area contributed by atoms with Crippen molar-refractivity contribution in [3.63, 3.8) is 0 Å². The van der Waals surface area contributed by atoms with Gasteiger partial charge in [0.1, 0.15) is 5.69 Å². The Morgan fingerprint density at radius 3 is 3.00 bits per heavy atom. The maximum atomic E-state index is 11.9. The lowest BCUT2D eigenvalue weighted by molar-refractivity contribution is 0.0947. The van der Waals surface area contributed by atoms with Crippen LogP contribution >= 0.6 is 15.9 Å². The molecule has 1 aliphatic rings. The first-order chi connectivity index (χ1) is 13.1. The molecule has 27 heavy (non-hydrogen) atoms. The summed E-state index contributed by atoms with van der Waals surface area (Å²) >= 11 is 3.31. The number of hydrogen-bond acceptors (Lipinski definition) is 6. The first-order valence-electron chi connectivity index (χ1n) is 8.99. The van der Waals surface area contributed by atoms with Crippen molar-refractivity contribution in [3.8, 4) is 0 Å². The highest BCUT2D eigenvalue weighted by Gasteiger charge is 2.10. The average Bonchev–Trinajstić information content (AvgIpc) is 3.37. The van der Waals surface area contributed by atoms with E-state index >= 15 is 0 Å². The highest BCUT2D eigenvalue weighted by atomic mass is 79.9. The molecule has 4 N–H and O–H groups in total. The maximum absolute atomic E-state index is 11.9. The van der Waals surface area contributed by atoms with Crippen LogP contribution < -0.4 is 11.1 Å². The zero-order valence-electron chi connectivity index (χ0n) is 14.9. The fourth-order valence-corrected chi connectivity index (χ4v) is 3.16. The highest BCUT2D eigenvalue weighted by molar-refractivity contribution is 9.10. The molecule has 1 atom stereocenters. The van der Waals surface area contributed by atoms with Gasteiger partial charge in [0, 0.05) is 29.6 Å². The fraction of sp³-hybridized carbons (Fsp3) is 0.471. The maximum Gasteiger partial charge on any atom is 0.267 e. The van der Waals surface area contributed by atoms with Crippen LogP contribution in [0.4, 0.5) is 0 Å². The van der Waals surface area contributed by atoms with Gasteiger partial charge in [-0.3, -0.25) is 9.48 Å². The highest BCUT2D eigenvalue weighted by Crippen LogP contribution is 2.11. The Morgan fingerprint density at radius 2 is 2.26 bits per heavy atom. The molecule has 0 saturated carbocycles. The number of carbonyl (C=O) groups is 1. The summed E-state index contributed by atoms with van der Waals surface area (Å²) in [7, 11) is 0. The van der Waals surface area contributed by atoms with E-state index in [-0.39, 0.29) is 11.9 Å². The molecule has 9 nitrogen and oxygen atoms in total. The van der Waals surface area contributed by atoms with Crippen molar-refractivity contribution in [2.75, 3.05) is 6.54 Å². The molecule has 0 aliphatic carbocycles. The summed E-state index contributed by atoms with van der Waals surface area (Å²) in [6.45, 7) is 1.08. The number of aromatic amines is 1. The van der Waals surface area contributed by atoms with Crippen LogP contribution in [0.2, 0.25) is 0 Å². The Kier molecular flexibility index (Phi) is 6.74. The Balaban J connectivity index is 1.29. The van der Waals surface area contributed by atoms with E-state index in [0.717, 1.165) is 42.3 Å². The van der Waals surface area contributed by atoms with Crippen molar-refractivity contribution >= 4 is 34.0 Å². The number of guanidine groups is 1. The molecule has 2 aromatic rings. The van der Waals surface area contributed by atoms with Crippen LogP contribution in [0.25, 0.3) is 0 Å². The molecule has 1 amide bonds. The van der Waals surface area contributed by atoms with Crippen molar-refractivity contribution in [1.82, 2.24) is 25.3 Å². The van der Waals surface area contributed by atoms with E-state index in [1.54, 1.807) is 16.9 Å². The van der Waals surface area contributed by atoms with Crippen LogP contribution in [-0.4, -0.2) is 50.6 Å². The van der Waals surface area contributed by atoms with E-state index in [0.29, 0.717) is 24.7 Å². The second-order valence-corrected chi connectivity index (χ2v) is 7.31. The van der Waals surface area contributed by atoms with Crippen LogP contribution in [-0.2, 0) is 13.0 Å². The first kappa shape index (κ1) is 19.3. The minimum atomic E-state index is -0.139. The minimum Gasteiger partial charge on any atom is -0.368 e. The number of aliphatic imine (C=N–C) groups is 2. The summed E-state index contributed by atoms with van der Waals surface area (Å²) in [5, 5.41) is 11.1. The Labute approximate surface area is 165 Å². The van der Waals surface area contributed by atoms with Crippen LogP contribution in [0.3, 0.4) is 0 Å². The topological polar surface area (TPSA) is 126 Å². The summed E-state index contributed by atoms with van der Waals surface area (Å²) in [6.07, 6.45) is 10.6. The number of H-pyrrole nitrogens is 1. The van der Waals surface area contributed by atoms with Gasteiger partial charge in [0.25, 0.3) is 5.91 Å². The smallest absolute Gasteiger partial charge is 0.267 e. The summed E-state index contributed by atoms with van der Waals surface area (Å²) in [6, 6.07) is 1.89. The molecule has 0 aromatic carbocycles. The van der Waals surface area contributed by atoms with E-state index < -0.39 is 0 Å². The van der Waals surface area contributed by atoms with Gasteiger partial charge in [-0.1, -0.05) is 18.1 Å². The van der Waals surface area contributed by atoms with Gasteiger partial charge in [0.2, 0.25) is 5.96 Å². The Morgan fingerprint density at radius 1 is 1.37 bits per heavy atom. The summed E-state index contributed by atoms with van der Waals surface area (Å²) in [4.78, 5) is 23.0. The third-order valence-electron chi connectivity index (χ3n) is 4.21. The number of halogens is 1. The van der Waals surface area contributed by atoms with Gasteiger partial charge in [-0.05, 0) is 41.3 Å². The molecule has 0 saturated heterocycles. The second-order valence-electron chi connectivity index (χ2n) is 6.39. The zero-order valence-corrected chi connectivity index (χ0v) is 16.5. The SMILES string of the molecule is NC1=NC(CCCCCc2cn(CCNC(=O)c3cc(Br)c[nH]3)nn2)C=N1. The Hall–Kier alpha value is -2.49. The molecule has 144 valence electrons. The molecule has 1 unspecified atom stereocenters. The second kappa shape index (κ2) is 9.45. The van der Waals surface area contributed by atoms with Crippen LogP contribution in [0.5, 0.6) is 0 Å². The number of hydrogen-bond donors (Lipinski definition) is 3. The first-order valence-corrected chi connectivity index (χ1v) is 9.78. The number of aryl methyl sites for hydroxylation is 1. The molecular weight excluding hydrogens is 412 g/mol. The van der Waals surface area contributed by atoms with E-state index in [4.69, 9.17) is 5.73 Å². The van der Waals surface area contributed by atoms with Gasteiger partial charge in [-0.15, -0.1) is 5.10 Å². The molecule has 3 heterocycles. The van der Waals surface area contributed by atoms with Crippen molar-refractivity contribution in [2.45, 2.75) is 44.7 Å². The molecule has 0 fully saturated rings. The number of nitrogens with zero attached hydrogens (tertiary/aromatic N) is 5. The lowest BCUT2D eigenvalue weighted by Crippen LogP contribution is -2.27. The van der Waals surface area contributed by atoms with Gasteiger partial charge in [-0.25, -0.2) is 9.98 Å². The third kappa shape index (κ3) is 6.02. The zero-order chi connectivity index (χ0) is 19.1. The van der Waals surface area contributed by atoms with E-state index in [2.05, 4.69) is 46.5 Å². The number of unbranched alkanes of at least 4 members (excludes halogenated alkanes) is 2. The Bertz CT molecular complexity index is 825. The molecule has 0 spiro atoms. The predicted molar refractivity (Wildman–Crippen MR) is 107 cm³/mol. The van der Waals surface area contributed by atoms with Crippen molar-refractivity contribution < 1.29 is 4.79 Å². The fourth-order valence-electron chi connectivity index (χ4n) is 2.82. The van der Waals surface area contributed by atoms with Crippen LogP contribution in [0.15, 0.2) is 32.9 Å². The van der Waals surface area contributed by atoms with E-state index in [9.17, 15) is 4.79 Å². The van der Waals surface area contributed by atoms with E-state index in [1.165, 1.54) is 0 Å². The van der Waals surface area contributed by atoms with Crippen molar-refractivity contribution in [2.24, 2.45) is 15.7 Å². The van der Waals surface area contributed by atoms with Crippen LogP contribution in [0.1, 0.15) is 41.9 Å². The number of nitrogens with two attached hydrogens (primary N) is 1. The quantitative estimate of drug-likeness (QED) is 0.491. The van der Waals surface area contributed by atoms with Gasteiger partial charge in [-0.2, -0.15) is 0 Å². The largest absolute Gasteiger partial charge is 0.368 e. The number of carbonyl (C=O) groups excluding carboxylic acids is 1. The lowest BCUT2D eigenvalue weighted by atomic mass is 10.1. The molecule has 10 heteroatoms. The normalized spacial score (nSPS) is 15.9. The van der Waals surface area contributed by atoms with E-state index in [1.807, 2.05) is 12.4 Å². The molecule has 2 aromatic heterocycles. The molecule has 3 rings (SSSR count). The summed E-state index contributed by atoms with van der Waals surface area (Å²) in [5.74, 6) is 0.244. The molecular formula is C17H23BrN8O. The summed E-state index contributed by atoms with van der Waals surface area (Å²) in [5.41, 5.74) is 7.02. The van der Waals surface area contributed by atoms with Gasteiger partial charge < -0.3 is 16.0 Å². The molecule has 0 bridgehead atoms. The monoisotopic (exact) mass is 434 g/mol. The lowest BCUT2D eigenvalue weighted by Gasteiger charge is -2.03. The summed E-state index contributed by atoms with van der Waals surface area (Å²) < 4.78 is 2.61. The average molecular weight is 435 g/mol. The van der Waals surface area contributed by atoms with Gasteiger partial charge in [0.15, 0.2) is 0 Å². The number of amides is 1. The number of rotatable bonds is 10.